The number of halogens is 1. The molecular formula is C14H17FN4O2S2. The van der Waals surface area contributed by atoms with Gasteiger partial charge >= 0.3 is 0 Å². The van der Waals surface area contributed by atoms with Crippen LogP contribution < -0.4 is 4.90 Å². The average molecular weight is 356 g/mol. The smallest absolute Gasteiger partial charge is 0.211 e. The summed E-state index contributed by atoms with van der Waals surface area (Å²) in [6, 6.07) is 6.29. The minimum atomic E-state index is -3.13. The summed E-state index contributed by atoms with van der Waals surface area (Å²) in [7, 11) is -3.13. The molecule has 1 aliphatic heterocycles. The molecule has 3 rings (SSSR count). The van der Waals surface area contributed by atoms with Crippen molar-refractivity contribution in [3.63, 3.8) is 0 Å². The highest BCUT2D eigenvalue weighted by molar-refractivity contribution is 7.88. The molecule has 0 bridgehead atoms. The number of aromatic nitrogens is 2. The van der Waals surface area contributed by atoms with Crippen molar-refractivity contribution >= 4 is 26.7 Å². The minimum absolute atomic E-state index is 0.260. The molecule has 124 valence electrons. The van der Waals surface area contributed by atoms with Crippen LogP contribution in [0.25, 0.3) is 0 Å². The van der Waals surface area contributed by atoms with Crippen molar-refractivity contribution < 1.29 is 12.8 Å². The van der Waals surface area contributed by atoms with Crippen LogP contribution in [0.3, 0.4) is 0 Å². The Labute approximate surface area is 138 Å². The van der Waals surface area contributed by atoms with Crippen LogP contribution in [-0.4, -0.2) is 54.5 Å². The molecule has 0 radical (unpaired) electrons. The molecular weight excluding hydrogens is 339 g/mol. The van der Waals surface area contributed by atoms with E-state index in [4.69, 9.17) is 0 Å². The lowest BCUT2D eigenvalue weighted by atomic mass is 10.1. The van der Waals surface area contributed by atoms with Crippen LogP contribution in [0.4, 0.5) is 9.52 Å². The van der Waals surface area contributed by atoms with Crippen molar-refractivity contribution in [2.45, 2.75) is 6.42 Å². The summed E-state index contributed by atoms with van der Waals surface area (Å²) < 4.78 is 41.8. The Morgan fingerprint density at radius 1 is 1.17 bits per heavy atom. The molecule has 1 aromatic heterocycles. The maximum Gasteiger partial charge on any atom is 0.211 e. The van der Waals surface area contributed by atoms with Crippen LogP contribution in [0.2, 0.25) is 0 Å². The molecule has 6 nitrogen and oxygen atoms in total. The van der Waals surface area contributed by atoms with Gasteiger partial charge in [0, 0.05) is 44.1 Å². The third-order valence-corrected chi connectivity index (χ3v) is 5.83. The van der Waals surface area contributed by atoms with E-state index in [1.807, 2.05) is 4.90 Å². The topological polar surface area (TPSA) is 66.4 Å². The van der Waals surface area contributed by atoms with Crippen LogP contribution in [0, 0.1) is 5.82 Å². The summed E-state index contributed by atoms with van der Waals surface area (Å²) in [5, 5.41) is 0.801. The third-order valence-electron chi connectivity index (χ3n) is 3.71. The fourth-order valence-corrected chi connectivity index (χ4v) is 4.00. The number of rotatable bonds is 4. The Balaban J connectivity index is 1.63. The van der Waals surface area contributed by atoms with Crippen molar-refractivity contribution in [3.8, 4) is 0 Å². The lowest BCUT2D eigenvalue weighted by molar-refractivity contribution is 0.388. The second kappa shape index (κ2) is 6.50. The van der Waals surface area contributed by atoms with E-state index in [1.165, 1.54) is 34.2 Å². The summed E-state index contributed by atoms with van der Waals surface area (Å²) in [6.45, 7) is 2.15. The first-order valence-electron chi connectivity index (χ1n) is 7.19. The number of hydrogen-bond acceptors (Lipinski definition) is 6. The fourth-order valence-electron chi connectivity index (χ4n) is 2.44. The van der Waals surface area contributed by atoms with Crippen LogP contribution in [0.5, 0.6) is 0 Å². The summed E-state index contributed by atoms with van der Waals surface area (Å²) in [6.07, 6.45) is 1.79. The predicted octanol–water partition coefficient (Wildman–Crippen LogP) is 1.35. The Morgan fingerprint density at radius 2 is 1.83 bits per heavy atom. The minimum Gasteiger partial charge on any atom is -0.344 e. The Kier molecular flexibility index (Phi) is 4.60. The lowest BCUT2D eigenvalue weighted by Gasteiger charge is -2.32. The van der Waals surface area contributed by atoms with Gasteiger partial charge < -0.3 is 4.90 Å². The second-order valence-electron chi connectivity index (χ2n) is 5.45. The number of piperazine rings is 1. The molecule has 0 saturated carbocycles. The van der Waals surface area contributed by atoms with Crippen molar-refractivity contribution in [1.82, 2.24) is 13.7 Å². The Bertz CT molecular complexity index is 768. The summed E-state index contributed by atoms with van der Waals surface area (Å²) in [4.78, 5) is 6.56. The second-order valence-corrected chi connectivity index (χ2v) is 8.16. The lowest BCUT2D eigenvalue weighted by Crippen LogP contribution is -2.48. The van der Waals surface area contributed by atoms with E-state index in [9.17, 15) is 12.8 Å². The molecule has 9 heteroatoms. The highest BCUT2D eigenvalue weighted by Crippen LogP contribution is 2.21. The molecule has 0 aliphatic carbocycles. The highest BCUT2D eigenvalue weighted by Gasteiger charge is 2.25. The molecule has 0 atom stereocenters. The maximum atomic E-state index is 12.9. The van der Waals surface area contributed by atoms with Crippen molar-refractivity contribution in [2.24, 2.45) is 0 Å². The molecule has 0 amide bonds. The predicted molar refractivity (Wildman–Crippen MR) is 87.7 cm³/mol. The number of sulfonamides is 1. The Morgan fingerprint density at radius 3 is 2.43 bits per heavy atom. The van der Waals surface area contributed by atoms with E-state index in [0.717, 1.165) is 10.7 Å². The standard InChI is InChI=1S/C14H17FN4O2S2/c1-23(20,21)19-8-6-18(7-9-19)14-16-13(17-22-14)10-11-2-4-12(15)5-3-11/h2-5H,6-10H2,1H3. The van der Waals surface area contributed by atoms with Crippen molar-refractivity contribution in [2.75, 3.05) is 37.3 Å². The van der Waals surface area contributed by atoms with Crippen LogP contribution >= 0.6 is 11.5 Å². The average Bonchev–Trinajstić information content (AvgIpc) is 2.97. The van der Waals surface area contributed by atoms with E-state index in [-0.39, 0.29) is 5.82 Å². The third kappa shape index (κ3) is 4.04. The summed E-state index contributed by atoms with van der Waals surface area (Å²) >= 11 is 1.31. The van der Waals surface area contributed by atoms with Gasteiger partial charge in [0.1, 0.15) is 11.6 Å². The van der Waals surface area contributed by atoms with Gasteiger partial charge in [-0.2, -0.15) is 8.68 Å². The van der Waals surface area contributed by atoms with E-state index < -0.39 is 10.0 Å². The van der Waals surface area contributed by atoms with Gasteiger partial charge in [0.2, 0.25) is 15.2 Å². The number of benzene rings is 1. The van der Waals surface area contributed by atoms with Gasteiger partial charge in [0.05, 0.1) is 6.26 Å². The number of hydrogen-bond donors (Lipinski definition) is 0. The van der Waals surface area contributed by atoms with Gasteiger partial charge in [-0.1, -0.05) is 12.1 Å². The van der Waals surface area contributed by atoms with Gasteiger partial charge in [-0.15, -0.1) is 0 Å². The first-order valence-corrected chi connectivity index (χ1v) is 9.81. The van der Waals surface area contributed by atoms with E-state index >= 15 is 0 Å². The van der Waals surface area contributed by atoms with Crippen LogP contribution in [0.1, 0.15) is 11.4 Å². The summed E-state index contributed by atoms with van der Waals surface area (Å²) in [5.41, 5.74) is 0.956. The highest BCUT2D eigenvalue weighted by atomic mass is 32.2. The van der Waals surface area contributed by atoms with Gasteiger partial charge in [-0.05, 0) is 17.7 Å². The quantitative estimate of drug-likeness (QED) is 0.827. The molecule has 1 saturated heterocycles. The normalized spacial score (nSPS) is 16.7. The molecule has 2 heterocycles. The van der Waals surface area contributed by atoms with Gasteiger partial charge in [0.25, 0.3) is 0 Å². The number of anilines is 1. The molecule has 1 fully saturated rings. The fraction of sp³-hybridized carbons (Fsp3) is 0.429. The molecule has 23 heavy (non-hydrogen) atoms. The molecule has 0 unspecified atom stereocenters. The zero-order chi connectivity index (χ0) is 16.4. The molecule has 2 aromatic rings. The van der Waals surface area contributed by atoms with E-state index in [0.29, 0.717) is 38.4 Å². The zero-order valence-electron chi connectivity index (χ0n) is 12.6. The summed E-state index contributed by atoms with van der Waals surface area (Å²) in [5.74, 6) is 0.437. The monoisotopic (exact) mass is 356 g/mol. The molecule has 1 aromatic carbocycles. The SMILES string of the molecule is CS(=O)(=O)N1CCN(c2nc(Cc3ccc(F)cc3)ns2)CC1. The zero-order valence-corrected chi connectivity index (χ0v) is 14.3. The van der Waals surface area contributed by atoms with Crippen molar-refractivity contribution in [1.29, 1.82) is 0 Å². The van der Waals surface area contributed by atoms with Crippen LogP contribution in [-0.2, 0) is 16.4 Å². The van der Waals surface area contributed by atoms with Crippen molar-refractivity contribution in [3.05, 3.63) is 41.5 Å². The molecule has 0 spiro atoms. The van der Waals surface area contributed by atoms with Gasteiger partial charge in [-0.25, -0.2) is 17.8 Å². The largest absolute Gasteiger partial charge is 0.344 e. The van der Waals surface area contributed by atoms with Crippen LogP contribution in [0.15, 0.2) is 24.3 Å². The maximum absolute atomic E-state index is 12.9. The molecule has 0 N–H and O–H groups in total. The Hall–Kier alpha value is -1.58. The molecule has 1 aliphatic rings. The first-order chi connectivity index (χ1) is 10.9. The van der Waals surface area contributed by atoms with E-state index in [1.54, 1.807) is 12.1 Å². The van der Waals surface area contributed by atoms with Gasteiger partial charge in [0.15, 0.2) is 0 Å². The van der Waals surface area contributed by atoms with Gasteiger partial charge in [-0.3, -0.25) is 0 Å². The van der Waals surface area contributed by atoms with E-state index in [2.05, 4.69) is 9.36 Å². The first kappa shape index (κ1) is 16.3. The number of nitrogens with zero attached hydrogens (tertiary/aromatic N) is 4.